The molecule has 2 nitrogen and oxygen atoms in total. The van der Waals surface area contributed by atoms with E-state index in [2.05, 4.69) is 4.98 Å². The highest BCUT2D eigenvalue weighted by Gasteiger charge is 2.08. The van der Waals surface area contributed by atoms with Gasteiger partial charge in [-0.15, -0.1) is 0 Å². The van der Waals surface area contributed by atoms with Crippen molar-refractivity contribution in [3.8, 4) is 5.75 Å². The van der Waals surface area contributed by atoms with Crippen LogP contribution in [0.5, 0.6) is 5.75 Å². The lowest BCUT2D eigenvalue weighted by atomic mass is 10.3. The number of hydrogen-bond acceptors (Lipinski definition) is 2. The van der Waals surface area contributed by atoms with Crippen LogP contribution in [0.4, 0.5) is 4.39 Å². The molecule has 0 aliphatic heterocycles. The molecule has 1 aromatic heterocycles. The molecule has 0 spiro atoms. The third-order valence-corrected chi connectivity index (χ3v) is 1.66. The van der Waals surface area contributed by atoms with E-state index < -0.39 is 5.82 Å². The minimum atomic E-state index is -0.522. The number of hydrogen-bond donors (Lipinski definition) is 0. The van der Waals surface area contributed by atoms with Gasteiger partial charge in [-0.3, -0.25) is 0 Å². The number of halogens is 2. The minimum absolute atomic E-state index is 0.122. The van der Waals surface area contributed by atoms with E-state index in [9.17, 15) is 4.39 Å². The van der Waals surface area contributed by atoms with Gasteiger partial charge >= 0.3 is 0 Å². The van der Waals surface area contributed by atoms with E-state index in [0.717, 1.165) is 0 Å². The topological polar surface area (TPSA) is 22.1 Å². The normalized spacial score (nSPS) is 9.82. The molecule has 0 saturated heterocycles. The summed E-state index contributed by atoms with van der Waals surface area (Å²) in [6, 6.07) is 0. The summed E-state index contributed by atoms with van der Waals surface area (Å²) in [6.45, 7) is 1.59. The lowest BCUT2D eigenvalue weighted by molar-refractivity contribution is 0.404. The van der Waals surface area contributed by atoms with Gasteiger partial charge in [0.15, 0.2) is 11.0 Å². The van der Waals surface area contributed by atoms with Crippen LogP contribution in [-0.2, 0) is 0 Å². The highest BCUT2D eigenvalue weighted by molar-refractivity contribution is 6.29. The Morgan fingerprint density at radius 2 is 2.27 bits per heavy atom. The molecule has 1 heterocycles. The summed E-state index contributed by atoms with van der Waals surface area (Å²) in [5.74, 6) is -0.113. The van der Waals surface area contributed by atoms with Gasteiger partial charge in [-0.2, -0.15) is 0 Å². The average molecular weight is 176 g/mol. The van der Waals surface area contributed by atoms with E-state index in [4.69, 9.17) is 16.3 Å². The Kier molecular flexibility index (Phi) is 2.29. The van der Waals surface area contributed by atoms with Gasteiger partial charge in [-0.25, -0.2) is 9.37 Å². The van der Waals surface area contributed by atoms with Crippen molar-refractivity contribution in [3.05, 3.63) is 22.7 Å². The highest BCUT2D eigenvalue weighted by atomic mass is 35.5. The van der Waals surface area contributed by atoms with Crippen molar-refractivity contribution in [2.45, 2.75) is 6.92 Å². The molecule has 1 aromatic rings. The van der Waals surface area contributed by atoms with Crippen LogP contribution in [0.3, 0.4) is 0 Å². The summed E-state index contributed by atoms with van der Waals surface area (Å²) in [4.78, 5) is 3.58. The Morgan fingerprint density at radius 1 is 1.64 bits per heavy atom. The van der Waals surface area contributed by atoms with Gasteiger partial charge in [0.25, 0.3) is 0 Å². The summed E-state index contributed by atoms with van der Waals surface area (Å²) < 4.78 is 17.7. The lowest BCUT2D eigenvalue weighted by Gasteiger charge is -2.04. The fourth-order valence-corrected chi connectivity index (χ4v) is 0.928. The van der Waals surface area contributed by atoms with Crippen molar-refractivity contribution in [1.82, 2.24) is 4.98 Å². The number of ether oxygens (including phenoxy) is 1. The van der Waals surface area contributed by atoms with Crippen molar-refractivity contribution in [1.29, 1.82) is 0 Å². The minimum Gasteiger partial charge on any atom is -0.495 e. The maximum absolute atomic E-state index is 12.9. The zero-order valence-corrected chi connectivity index (χ0v) is 6.94. The first-order valence-corrected chi connectivity index (χ1v) is 3.39. The van der Waals surface area contributed by atoms with Crippen LogP contribution in [0.15, 0.2) is 6.20 Å². The second kappa shape index (κ2) is 3.05. The van der Waals surface area contributed by atoms with Crippen LogP contribution in [-0.4, -0.2) is 12.1 Å². The molecule has 0 radical (unpaired) electrons. The van der Waals surface area contributed by atoms with Crippen LogP contribution in [0.1, 0.15) is 5.56 Å². The summed E-state index contributed by atoms with van der Waals surface area (Å²) in [7, 11) is 1.46. The maximum atomic E-state index is 12.9. The van der Waals surface area contributed by atoms with E-state index >= 15 is 0 Å². The van der Waals surface area contributed by atoms with Crippen molar-refractivity contribution < 1.29 is 9.13 Å². The predicted octanol–water partition coefficient (Wildman–Crippen LogP) is 2.19. The molecule has 60 valence electrons. The van der Waals surface area contributed by atoms with E-state index in [-0.39, 0.29) is 5.15 Å². The fourth-order valence-electron chi connectivity index (χ4n) is 0.737. The first-order chi connectivity index (χ1) is 5.16. The Morgan fingerprint density at radius 3 is 2.82 bits per heavy atom. The summed E-state index contributed by atoms with van der Waals surface area (Å²) in [5, 5.41) is -0.122. The summed E-state index contributed by atoms with van der Waals surface area (Å²) >= 11 is 5.40. The quantitative estimate of drug-likeness (QED) is 0.611. The molecule has 0 saturated carbocycles. The smallest absolute Gasteiger partial charge is 0.167 e. The van der Waals surface area contributed by atoms with Crippen LogP contribution in [0, 0.1) is 12.7 Å². The summed E-state index contributed by atoms with van der Waals surface area (Å²) in [5.41, 5.74) is 0.382. The standard InChI is InChI=1S/C7H7ClFNO/c1-4-5(11-2)3-10-7(8)6(4)9/h3H,1-2H3. The lowest BCUT2D eigenvalue weighted by Crippen LogP contribution is -1.93. The Labute approximate surface area is 69.0 Å². The molecule has 0 aliphatic carbocycles. The molecule has 0 bridgehead atoms. The van der Waals surface area contributed by atoms with Gasteiger partial charge in [-0.05, 0) is 6.92 Å². The van der Waals surface area contributed by atoms with E-state index in [1.807, 2.05) is 0 Å². The van der Waals surface area contributed by atoms with E-state index in [1.54, 1.807) is 6.92 Å². The van der Waals surface area contributed by atoms with Crippen LogP contribution in [0.25, 0.3) is 0 Å². The Balaban J connectivity index is 3.25. The average Bonchev–Trinajstić information content (AvgIpc) is 2.01. The molecule has 0 unspecified atom stereocenters. The summed E-state index contributed by atoms with van der Waals surface area (Å²) in [6.07, 6.45) is 1.39. The predicted molar refractivity (Wildman–Crippen MR) is 40.5 cm³/mol. The van der Waals surface area contributed by atoms with Crippen molar-refractivity contribution >= 4 is 11.6 Å². The fraction of sp³-hybridized carbons (Fsp3) is 0.286. The molecular formula is C7H7ClFNO. The molecule has 0 aliphatic rings. The molecule has 0 amide bonds. The monoisotopic (exact) mass is 175 g/mol. The van der Waals surface area contributed by atoms with Crippen LogP contribution < -0.4 is 4.74 Å². The molecule has 0 fully saturated rings. The molecule has 11 heavy (non-hydrogen) atoms. The van der Waals surface area contributed by atoms with Gasteiger partial charge in [0.2, 0.25) is 0 Å². The second-order valence-electron chi connectivity index (χ2n) is 2.06. The van der Waals surface area contributed by atoms with Gasteiger partial charge in [-0.1, -0.05) is 11.6 Å². The van der Waals surface area contributed by atoms with Crippen molar-refractivity contribution in [3.63, 3.8) is 0 Å². The molecule has 4 heteroatoms. The molecular weight excluding hydrogens is 169 g/mol. The Bertz CT molecular complexity index is 277. The van der Waals surface area contributed by atoms with E-state index in [1.165, 1.54) is 13.3 Å². The zero-order chi connectivity index (χ0) is 8.43. The second-order valence-corrected chi connectivity index (χ2v) is 2.41. The number of methoxy groups -OCH3 is 1. The third-order valence-electron chi connectivity index (χ3n) is 1.40. The van der Waals surface area contributed by atoms with Crippen molar-refractivity contribution in [2.75, 3.05) is 7.11 Å². The molecule has 0 N–H and O–H groups in total. The first kappa shape index (κ1) is 8.27. The largest absolute Gasteiger partial charge is 0.495 e. The van der Waals surface area contributed by atoms with Crippen LogP contribution in [0.2, 0.25) is 5.15 Å². The van der Waals surface area contributed by atoms with Crippen LogP contribution >= 0.6 is 11.6 Å². The third kappa shape index (κ3) is 1.43. The number of rotatable bonds is 1. The van der Waals surface area contributed by atoms with Gasteiger partial charge in [0.05, 0.1) is 13.3 Å². The van der Waals surface area contributed by atoms with E-state index in [0.29, 0.717) is 11.3 Å². The van der Waals surface area contributed by atoms with Crippen molar-refractivity contribution in [2.24, 2.45) is 0 Å². The molecule has 0 aromatic carbocycles. The maximum Gasteiger partial charge on any atom is 0.167 e. The molecule has 1 rings (SSSR count). The Hall–Kier alpha value is -0.830. The number of pyridine rings is 1. The molecule has 0 atom stereocenters. The highest BCUT2D eigenvalue weighted by Crippen LogP contribution is 2.23. The van der Waals surface area contributed by atoms with Gasteiger partial charge < -0.3 is 4.74 Å². The first-order valence-electron chi connectivity index (χ1n) is 3.01. The van der Waals surface area contributed by atoms with Gasteiger partial charge in [0.1, 0.15) is 5.75 Å². The number of aromatic nitrogens is 1. The SMILES string of the molecule is COc1cnc(Cl)c(F)c1C. The van der Waals surface area contributed by atoms with Gasteiger partial charge in [0, 0.05) is 5.56 Å². The number of nitrogens with zero attached hydrogens (tertiary/aromatic N) is 1. The zero-order valence-electron chi connectivity index (χ0n) is 6.19.